The molecule has 7 heteroatoms. The molecule has 1 fully saturated rings. The van der Waals surface area contributed by atoms with Gasteiger partial charge in [-0.1, -0.05) is 0 Å². The van der Waals surface area contributed by atoms with Crippen LogP contribution < -0.4 is 10.0 Å². The van der Waals surface area contributed by atoms with Crippen LogP contribution in [0.1, 0.15) is 6.92 Å². The smallest absolute Gasteiger partial charge is 0.321 e. The number of thiocarbonyl (C=S) groups is 1. The van der Waals surface area contributed by atoms with Crippen LogP contribution in [0, 0.1) is 14.9 Å². The highest BCUT2D eigenvalue weighted by atomic mass is 127. The van der Waals surface area contributed by atoms with E-state index in [1.54, 1.807) is 6.26 Å². The largest absolute Gasteiger partial charge is 0.499 e. The molecular formula is C13H13IN3OS2+. The van der Waals surface area contributed by atoms with Gasteiger partial charge in [0, 0.05) is 3.57 Å². The Balaban J connectivity index is 2.45. The molecule has 0 saturated carbocycles. The van der Waals surface area contributed by atoms with Crippen molar-refractivity contribution in [2.24, 2.45) is 5.14 Å². The molecule has 0 spiro atoms. The van der Waals surface area contributed by atoms with Crippen molar-refractivity contribution >= 4 is 55.9 Å². The summed E-state index contributed by atoms with van der Waals surface area (Å²) in [7, 11) is 0. The van der Waals surface area contributed by atoms with Crippen LogP contribution >= 0.6 is 34.8 Å². The van der Waals surface area contributed by atoms with Gasteiger partial charge < -0.3 is 4.74 Å². The van der Waals surface area contributed by atoms with Crippen molar-refractivity contribution in [3.63, 3.8) is 0 Å². The van der Waals surface area contributed by atoms with Gasteiger partial charge in [-0.05, 0) is 66.0 Å². The van der Waals surface area contributed by atoms with E-state index < -0.39 is 16.3 Å². The summed E-state index contributed by atoms with van der Waals surface area (Å²) in [5.74, 6) is 0. The van der Waals surface area contributed by atoms with Gasteiger partial charge in [-0.3, -0.25) is 4.90 Å². The maximum atomic E-state index is 9.33. The van der Waals surface area contributed by atoms with Gasteiger partial charge in [0.1, 0.15) is 18.0 Å². The van der Waals surface area contributed by atoms with Gasteiger partial charge in [-0.25, -0.2) is 0 Å². The molecule has 1 aliphatic rings. The summed E-state index contributed by atoms with van der Waals surface area (Å²) in [6.45, 7) is 2.43. The number of nitrogens with two attached hydrogens (primary N) is 1. The molecule has 1 aliphatic heterocycles. The first-order chi connectivity index (χ1) is 9.60. The molecule has 0 aromatic heterocycles. The topological polar surface area (TPSA) is 62.3 Å². The molecule has 1 aromatic rings. The lowest BCUT2D eigenvalue weighted by Gasteiger charge is -2.15. The molecule has 0 aliphatic carbocycles. The van der Waals surface area contributed by atoms with Crippen molar-refractivity contribution < 1.29 is 4.74 Å². The van der Waals surface area contributed by atoms with Crippen molar-refractivity contribution in [2.75, 3.05) is 11.5 Å². The second kappa shape index (κ2) is 6.76. The van der Waals surface area contributed by atoms with Crippen LogP contribution in [-0.2, 0) is 15.8 Å². The summed E-state index contributed by atoms with van der Waals surface area (Å²) >= 11 is 6.88. The number of anilines is 1. The van der Waals surface area contributed by atoms with Crippen molar-refractivity contribution in [3.8, 4) is 6.07 Å². The Morgan fingerprint density at radius 2 is 2.20 bits per heavy atom. The molecule has 1 heterocycles. The second-order valence-electron chi connectivity index (χ2n) is 3.96. The summed E-state index contributed by atoms with van der Waals surface area (Å²) in [6.07, 6.45) is 1.60. The minimum Gasteiger partial charge on any atom is -0.499 e. The predicted octanol–water partition coefficient (Wildman–Crippen LogP) is 2.66. The zero-order chi connectivity index (χ0) is 14.7. The van der Waals surface area contributed by atoms with Crippen LogP contribution in [0.15, 0.2) is 36.2 Å². The fraction of sp³-hybridized carbons (Fsp3) is 0.231. The van der Waals surface area contributed by atoms with E-state index >= 15 is 0 Å². The third-order valence-corrected chi connectivity index (χ3v) is 5.66. The Labute approximate surface area is 140 Å². The van der Waals surface area contributed by atoms with E-state index in [4.69, 9.17) is 22.1 Å². The molecule has 104 valence electrons. The van der Waals surface area contributed by atoms with Crippen LogP contribution in [0.3, 0.4) is 0 Å². The van der Waals surface area contributed by atoms with Crippen molar-refractivity contribution in [1.29, 1.82) is 5.26 Å². The summed E-state index contributed by atoms with van der Waals surface area (Å²) < 4.78 is 7.06. The number of nitriles is 1. The van der Waals surface area contributed by atoms with Crippen LogP contribution in [-0.4, -0.2) is 16.2 Å². The average molecular weight is 418 g/mol. The van der Waals surface area contributed by atoms with Crippen LogP contribution in [0.25, 0.3) is 0 Å². The molecule has 2 atom stereocenters. The van der Waals surface area contributed by atoms with Gasteiger partial charge in [0.15, 0.2) is 11.1 Å². The lowest BCUT2D eigenvalue weighted by atomic mass is 10.2. The molecule has 0 bridgehead atoms. The van der Waals surface area contributed by atoms with Gasteiger partial charge >= 0.3 is 4.32 Å². The van der Waals surface area contributed by atoms with E-state index in [-0.39, 0.29) is 0 Å². The normalized spacial score (nSPS) is 24.0. The molecule has 2 N–H and O–H groups in total. The molecule has 20 heavy (non-hydrogen) atoms. The first-order valence-electron chi connectivity index (χ1n) is 5.88. The van der Waals surface area contributed by atoms with Gasteiger partial charge in [0.2, 0.25) is 0 Å². The number of benzene rings is 1. The van der Waals surface area contributed by atoms with Gasteiger partial charge in [0.25, 0.3) is 5.25 Å². The van der Waals surface area contributed by atoms with E-state index in [9.17, 15) is 5.26 Å². The maximum absolute atomic E-state index is 9.33. The zero-order valence-corrected chi connectivity index (χ0v) is 14.5. The molecule has 0 amide bonds. The molecule has 2 unspecified atom stereocenters. The molecule has 1 saturated heterocycles. The van der Waals surface area contributed by atoms with Crippen molar-refractivity contribution in [1.82, 2.24) is 0 Å². The Kier molecular flexibility index (Phi) is 5.26. The van der Waals surface area contributed by atoms with Crippen molar-refractivity contribution in [3.05, 3.63) is 39.8 Å². The molecule has 4 nitrogen and oxygen atoms in total. The Morgan fingerprint density at radius 3 is 2.75 bits per heavy atom. The first-order valence-corrected chi connectivity index (χ1v) is 8.72. The number of rotatable bonds is 3. The van der Waals surface area contributed by atoms with Crippen LogP contribution in [0.5, 0.6) is 0 Å². The van der Waals surface area contributed by atoms with E-state index in [0.29, 0.717) is 16.6 Å². The first kappa shape index (κ1) is 15.6. The minimum absolute atomic E-state index is 0.451. The third kappa shape index (κ3) is 2.93. The highest BCUT2D eigenvalue weighted by Crippen LogP contribution is 2.33. The lowest BCUT2D eigenvalue weighted by Crippen LogP contribution is -2.29. The number of nitrogens with zero attached hydrogens (tertiary/aromatic N) is 2. The summed E-state index contributed by atoms with van der Waals surface area (Å²) in [6, 6.07) is 10.1. The van der Waals surface area contributed by atoms with E-state index in [0.717, 1.165) is 9.26 Å². The number of halogens is 1. The van der Waals surface area contributed by atoms with Gasteiger partial charge in [-0.15, -0.1) is 5.14 Å². The second-order valence-corrected chi connectivity index (χ2v) is 7.45. The Bertz CT molecular complexity index is 582. The fourth-order valence-corrected chi connectivity index (χ4v) is 3.83. The number of hydrogen-bond acceptors (Lipinski definition) is 4. The lowest BCUT2D eigenvalue weighted by molar-refractivity contribution is 0.265. The predicted molar refractivity (Wildman–Crippen MR) is 94.9 cm³/mol. The quantitative estimate of drug-likeness (QED) is 0.354. The molecule has 0 radical (unpaired) electrons. The summed E-state index contributed by atoms with van der Waals surface area (Å²) in [5, 5.41) is 15.0. The van der Waals surface area contributed by atoms with E-state index in [1.165, 1.54) is 0 Å². The monoisotopic (exact) mass is 418 g/mol. The van der Waals surface area contributed by atoms with Crippen LogP contribution in [0.2, 0.25) is 0 Å². The minimum atomic E-state index is -0.779. The Morgan fingerprint density at radius 1 is 1.55 bits per heavy atom. The summed E-state index contributed by atoms with van der Waals surface area (Å²) in [4.78, 5) is 1.85. The zero-order valence-electron chi connectivity index (χ0n) is 10.7. The standard InChI is InChI=1S/C13H13IN3OS2/c1-2-18-8-11-12(7-15)20(16)13(19)17(11)10-5-3-9(14)4-6-10/h3-6,8,12H,2,16H2,1H3/q+1. The summed E-state index contributed by atoms with van der Waals surface area (Å²) in [5.41, 5.74) is 1.62. The average Bonchev–Trinajstić information content (AvgIpc) is 2.69. The van der Waals surface area contributed by atoms with Crippen molar-refractivity contribution in [2.45, 2.75) is 12.2 Å². The number of hydrogen-bond donors (Lipinski definition) is 1. The highest BCUT2D eigenvalue weighted by molar-refractivity contribution is 14.1. The Hall–Kier alpha value is -0.820. The third-order valence-electron chi connectivity index (χ3n) is 2.74. The van der Waals surface area contributed by atoms with E-state index in [1.807, 2.05) is 36.1 Å². The highest BCUT2D eigenvalue weighted by Gasteiger charge is 2.51. The SMILES string of the molecule is CCOC=C1C(C#N)[S+](N)C(=S)N1c1ccc(I)cc1. The van der Waals surface area contributed by atoms with Gasteiger partial charge in [-0.2, -0.15) is 5.26 Å². The van der Waals surface area contributed by atoms with Gasteiger partial charge in [0.05, 0.1) is 12.3 Å². The van der Waals surface area contributed by atoms with E-state index in [2.05, 4.69) is 28.7 Å². The number of ether oxygens (including phenoxy) is 1. The maximum Gasteiger partial charge on any atom is 0.321 e. The molecular weight excluding hydrogens is 405 g/mol. The fourth-order valence-electron chi connectivity index (χ4n) is 1.81. The molecule has 1 aromatic carbocycles. The molecule has 2 rings (SSSR count). The van der Waals surface area contributed by atoms with Crippen LogP contribution in [0.4, 0.5) is 5.69 Å².